The van der Waals surface area contributed by atoms with Crippen LogP contribution in [0.4, 0.5) is 0 Å². The van der Waals surface area contributed by atoms with Crippen LogP contribution in [-0.4, -0.2) is 34.3 Å². The molecule has 0 atom stereocenters. The molecule has 2 radical (unpaired) electrons. The first-order valence-corrected chi connectivity index (χ1v) is 24.2. The second-order valence-electron chi connectivity index (χ2n) is 11.9. The maximum atomic E-state index is 5.64. The zero-order valence-corrected chi connectivity index (χ0v) is 33.4. The summed E-state index contributed by atoms with van der Waals surface area (Å²) in [5.74, 6) is 0. The Morgan fingerprint density at radius 1 is 0.378 bits per heavy atom. The van der Waals surface area contributed by atoms with Gasteiger partial charge in [0.15, 0.2) is 0 Å². The van der Waals surface area contributed by atoms with E-state index in [9.17, 15) is 0 Å². The number of hydrogen-bond donors (Lipinski definition) is 0. The van der Waals surface area contributed by atoms with Crippen LogP contribution in [0.2, 0.25) is 0 Å². The normalized spacial score (nSPS) is 11.8. The van der Waals surface area contributed by atoms with Gasteiger partial charge in [-0.3, -0.25) is 0 Å². The van der Waals surface area contributed by atoms with Gasteiger partial charge in [-0.2, -0.15) is 0 Å². The summed E-state index contributed by atoms with van der Waals surface area (Å²) < 4.78 is 12.1. The molecule has 0 heterocycles. The fraction of sp³-hybridized carbons (Fsp3) is 0.415. The van der Waals surface area contributed by atoms with Crippen molar-refractivity contribution < 1.29 is 0 Å². The molecule has 4 heteroatoms. The van der Waals surface area contributed by atoms with Gasteiger partial charge >= 0.3 is 285 Å². The summed E-state index contributed by atoms with van der Waals surface area (Å²) in [6.45, 7) is 18.5. The summed E-state index contributed by atoms with van der Waals surface area (Å²) >= 11 is -4.53. The van der Waals surface area contributed by atoms with E-state index >= 15 is 0 Å². The summed E-state index contributed by atoms with van der Waals surface area (Å²) in [7, 11) is 0. The van der Waals surface area contributed by atoms with Crippen molar-refractivity contribution in [1.29, 1.82) is 0 Å². The molecule has 0 unspecified atom stereocenters. The van der Waals surface area contributed by atoms with Crippen molar-refractivity contribution in [3.05, 3.63) is 117 Å². The number of hydrogen-bond acceptors (Lipinski definition) is 2. The van der Waals surface area contributed by atoms with Gasteiger partial charge in [0.1, 0.15) is 0 Å². The molecule has 0 N–H and O–H groups in total. The van der Waals surface area contributed by atoms with Crippen LogP contribution in [-0.2, 0) is 51.4 Å². The van der Waals surface area contributed by atoms with Crippen LogP contribution in [0.1, 0.15) is 99.9 Å². The Bertz CT molecular complexity index is 1390. The average Bonchev–Trinajstić information content (AvgIpc) is 3.10. The minimum atomic E-state index is -2.41. The molecule has 0 aliphatic rings. The first kappa shape index (κ1) is 35.4. The first-order chi connectivity index (χ1) is 22.0. The second-order valence-corrected chi connectivity index (χ2v) is 20.6. The van der Waals surface area contributed by atoms with E-state index in [0.29, 0.717) is 0 Å². The molecule has 0 spiro atoms. The summed E-state index contributed by atoms with van der Waals surface area (Å²) in [5.41, 5.74) is 12.0. The number of rotatable bonds is 15. The summed E-state index contributed by atoms with van der Waals surface area (Å²) in [6.07, 6.45) is 8.43. The van der Waals surface area contributed by atoms with Gasteiger partial charge in [-0.15, -0.1) is 0 Å². The molecular weight excluding hydrogens is 666 g/mol. The van der Waals surface area contributed by atoms with E-state index in [0.717, 1.165) is 56.7 Å². The molecule has 0 saturated heterocycles. The number of benzene rings is 4. The Hall–Kier alpha value is -2.43. The van der Waals surface area contributed by atoms with E-state index in [4.69, 9.17) is 9.19 Å². The molecule has 0 aromatic heterocycles. The summed E-state index contributed by atoms with van der Waals surface area (Å²) in [5, 5.41) is 6.31. The molecule has 0 aliphatic carbocycles. The van der Waals surface area contributed by atoms with Crippen LogP contribution in [0.3, 0.4) is 0 Å². The Morgan fingerprint density at radius 2 is 0.622 bits per heavy atom. The van der Waals surface area contributed by atoms with Gasteiger partial charge in [0, 0.05) is 0 Å². The number of aryl methyl sites for hydroxylation is 8. The van der Waals surface area contributed by atoms with Crippen molar-refractivity contribution in [2.45, 2.75) is 107 Å². The van der Waals surface area contributed by atoms with E-state index in [2.05, 4.69) is 128 Å². The molecule has 4 aromatic rings. The summed E-state index contributed by atoms with van der Waals surface area (Å²) in [6, 6.07) is 28.0. The SMILES string of the molecule is CCc1cccc(CC)[c]1[Ge]([CH2]/N=[N]\[Ge]([c]1c(CC)cccc1CC)[c]1c(CC)cccc1CC)[c]1c(CC)cccc1CC. The molecule has 4 aromatic carbocycles. The van der Waals surface area contributed by atoms with E-state index in [1.165, 1.54) is 44.5 Å². The van der Waals surface area contributed by atoms with Crippen molar-refractivity contribution in [2.24, 2.45) is 9.19 Å². The molecule has 0 bridgehead atoms. The van der Waals surface area contributed by atoms with Crippen molar-refractivity contribution in [1.82, 2.24) is 0 Å². The van der Waals surface area contributed by atoms with Crippen LogP contribution < -0.4 is 17.6 Å². The minimum absolute atomic E-state index is 0.857. The standard InChI is InChI=1S/C41H54Ge2N2/c1-9-30-21-17-22-31(10-2)38(30)42(39-32(11-3)23-18-24-33(39)12-4)29-44-45-43(40-34(13-5)25-19-26-35(40)14-6)41-36(15-7)27-20-28-37(41)16-8/h17-28H,9-16,29H2,1-8H3/b45-44-. The van der Waals surface area contributed by atoms with Gasteiger partial charge in [-0.25, -0.2) is 0 Å². The van der Waals surface area contributed by atoms with E-state index in [1.807, 2.05) is 0 Å². The molecule has 0 fully saturated rings. The van der Waals surface area contributed by atoms with Gasteiger partial charge in [0.2, 0.25) is 0 Å². The average molecular weight is 720 g/mol. The van der Waals surface area contributed by atoms with Gasteiger partial charge in [0.25, 0.3) is 0 Å². The van der Waals surface area contributed by atoms with Crippen molar-refractivity contribution >= 4 is 46.5 Å². The number of nitrogens with zero attached hydrogens (tertiary/aromatic N) is 2. The molecule has 236 valence electrons. The Balaban J connectivity index is 1.98. The Morgan fingerprint density at radius 3 is 0.867 bits per heavy atom. The molecular formula is C41H54Ge2N2. The fourth-order valence-corrected chi connectivity index (χ4v) is 20.9. The van der Waals surface area contributed by atoms with E-state index in [1.54, 1.807) is 17.6 Å². The first-order valence-electron chi connectivity index (χ1n) is 17.6. The molecule has 0 saturated carbocycles. The van der Waals surface area contributed by atoms with Crippen LogP contribution in [0.5, 0.6) is 0 Å². The second kappa shape index (κ2) is 17.5. The van der Waals surface area contributed by atoms with E-state index in [-0.39, 0.29) is 0 Å². The third-order valence-corrected chi connectivity index (χ3v) is 21.1. The molecule has 4 rings (SSSR count). The fourth-order valence-electron chi connectivity index (χ4n) is 7.04. The molecule has 2 nitrogen and oxygen atoms in total. The van der Waals surface area contributed by atoms with Gasteiger partial charge < -0.3 is 0 Å². The zero-order chi connectivity index (χ0) is 32.3. The Kier molecular flexibility index (Phi) is 13.8. The van der Waals surface area contributed by atoms with Crippen LogP contribution in [0.25, 0.3) is 0 Å². The summed E-state index contributed by atoms with van der Waals surface area (Å²) in [4.78, 5) is 0. The van der Waals surface area contributed by atoms with Crippen LogP contribution in [0, 0.1) is 0 Å². The van der Waals surface area contributed by atoms with Crippen molar-refractivity contribution in [2.75, 3.05) is 5.38 Å². The van der Waals surface area contributed by atoms with Gasteiger partial charge in [0.05, 0.1) is 0 Å². The van der Waals surface area contributed by atoms with E-state index < -0.39 is 28.9 Å². The monoisotopic (exact) mass is 722 g/mol. The van der Waals surface area contributed by atoms with Crippen molar-refractivity contribution in [3.63, 3.8) is 0 Å². The molecule has 0 aliphatic heterocycles. The van der Waals surface area contributed by atoms with Crippen LogP contribution in [0.15, 0.2) is 82.0 Å². The van der Waals surface area contributed by atoms with Crippen LogP contribution >= 0.6 is 0 Å². The maximum absolute atomic E-state index is 5.64. The molecule has 0 amide bonds. The third kappa shape index (κ3) is 7.76. The van der Waals surface area contributed by atoms with Gasteiger partial charge in [-0.1, -0.05) is 0 Å². The van der Waals surface area contributed by atoms with Gasteiger partial charge in [-0.05, 0) is 0 Å². The topological polar surface area (TPSA) is 24.7 Å². The molecule has 45 heavy (non-hydrogen) atoms. The zero-order valence-electron chi connectivity index (χ0n) is 29.2. The predicted molar refractivity (Wildman–Crippen MR) is 201 cm³/mol. The quantitative estimate of drug-likeness (QED) is 0.0894. The Labute approximate surface area is 283 Å². The third-order valence-electron chi connectivity index (χ3n) is 9.47. The van der Waals surface area contributed by atoms with Crippen molar-refractivity contribution in [3.8, 4) is 0 Å². The predicted octanol–water partition coefficient (Wildman–Crippen LogP) is 7.59.